The van der Waals surface area contributed by atoms with E-state index in [0.717, 1.165) is 6.42 Å². The van der Waals surface area contributed by atoms with Crippen molar-refractivity contribution in [1.82, 2.24) is 10.2 Å². The quantitative estimate of drug-likeness (QED) is 0.649. The van der Waals surface area contributed by atoms with Gasteiger partial charge < -0.3 is 4.74 Å². The minimum absolute atomic E-state index is 0.395. The van der Waals surface area contributed by atoms with Crippen LogP contribution in [0.15, 0.2) is 12.1 Å². The molecular formula is C12H19ClN2O. The molecule has 0 amide bonds. The molecule has 0 aliphatic rings. The molecule has 1 rings (SSSR count). The Labute approximate surface area is 102 Å². The lowest BCUT2D eigenvalue weighted by atomic mass is 10.1. The van der Waals surface area contributed by atoms with Crippen molar-refractivity contribution < 1.29 is 4.74 Å². The predicted octanol–water partition coefficient (Wildman–Crippen LogP) is 3.87. The first-order chi connectivity index (χ1) is 7.83. The van der Waals surface area contributed by atoms with Gasteiger partial charge in [0, 0.05) is 6.07 Å². The highest BCUT2D eigenvalue weighted by molar-refractivity contribution is 6.29. The zero-order chi connectivity index (χ0) is 11.6. The van der Waals surface area contributed by atoms with Gasteiger partial charge in [0.15, 0.2) is 5.15 Å². The molecule has 16 heavy (non-hydrogen) atoms. The fraction of sp³-hybridized carbons (Fsp3) is 0.667. The molecule has 1 heterocycles. The summed E-state index contributed by atoms with van der Waals surface area (Å²) in [7, 11) is 0. The minimum Gasteiger partial charge on any atom is -0.477 e. The van der Waals surface area contributed by atoms with Crippen LogP contribution in [-0.4, -0.2) is 16.8 Å². The van der Waals surface area contributed by atoms with Gasteiger partial charge in [0.25, 0.3) is 0 Å². The summed E-state index contributed by atoms with van der Waals surface area (Å²) in [5.41, 5.74) is 0. The van der Waals surface area contributed by atoms with Crippen LogP contribution >= 0.6 is 11.6 Å². The van der Waals surface area contributed by atoms with E-state index in [0.29, 0.717) is 17.6 Å². The summed E-state index contributed by atoms with van der Waals surface area (Å²) < 4.78 is 5.44. The average Bonchev–Trinajstić information content (AvgIpc) is 2.30. The first-order valence-electron chi connectivity index (χ1n) is 5.95. The van der Waals surface area contributed by atoms with Gasteiger partial charge in [0.1, 0.15) is 0 Å². The second-order valence-electron chi connectivity index (χ2n) is 3.81. The van der Waals surface area contributed by atoms with Crippen molar-refractivity contribution in [2.75, 3.05) is 6.61 Å². The maximum absolute atomic E-state index is 5.61. The molecule has 0 bridgehead atoms. The first-order valence-corrected chi connectivity index (χ1v) is 6.32. The van der Waals surface area contributed by atoms with Gasteiger partial charge in [-0.1, -0.05) is 50.6 Å². The third-order valence-electron chi connectivity index (χ3n) is 2.36. The highest BCUT2D eigenvalue weighted by Gasteiger charge is 1.96. The number of rotatable bonds is 8. The van der Waals surface area contributed by atoms with Crippen LogP contribution in [0.1, 0.15) is 45.4 Å². The van der Waals surface area contributed by atoms with Gasteiger partial charge in [-0.3, -0.25) is 0 Å². The van der Waals surface area contributed by atoms with E-state index in [1.54, 1.807) is 12.1 Å². The smallest absolute Gasteiger partial charge is 0.233 e. The Bertz CT molecular complexity index is 277. The van der Waals surface area contributed by atoms with Crippen LogP contribution in [0.3, 0.4) is 0 Å². The fourth-order valence-corrected chi connectivity index (χ4v) is 1.54. The number of unbranched alkanes of at least 4 members (excludes halogenated alkanes) is 5. The van der Waals surface area contributed by atoms with E-state index in [9.17, 15) is 0 Å². The summed E-state index contributed by atoms with van der Waals surface area (Å²) in [5.74, 6) is 0.554. The van der Waals surface area contributed by atoms with Crippen LogP contribution in [0.25, 0.3) is 0 Å². The highest BCUT2D eigenvalue weighted by atomic mass is 35.5. The minimum atomic E-state index is 0.395. The summed E-state index contributed by atoms with van der Waals surface area (Å²) in [6.45, 7) is 2.94. The van der Waals surface area contributed by atoms with E-state index in [1.165, 1.54) is 32.1 Å². The largest absolute Gasteiger partial charge is 0.477 e. The summed E-state index contributed by atoms with van der Waals surface area (Å²) in [4.78, 5) is 0. The second-order valence-corrected chi connectivity index (χ2v) is 4.20. The van der Waals surface area contributed by atoms with E-state index in [2.05, 4.69) is 17.1 Å². The van der Waals surface area contributed by atoms with Crippen LogP contribution in [0.5, 0.6) is 5.88 Å². The third kappa shape index (κ3) is 5.91. The van der Waals surface area contributed by atoms with Gasteiger partial charge >= 0.3 is 0 Å². The van der Waals surface area contributed by atoms with Crippen LogP contribution in [-0.2, 0) is 0 Å². The standard InChI is InChI=1S/C12H19ClN2O/c1-2-3-4-5-6-7-10-16-12-9-8-11(13)14-15-12/h8-9H,2-7,10H2,1H3. The number of aromatic nitrogens is 2. The Balaban J connectivity index is 2.01. The number of ether oxygens (including phenoxy) is 1. The van der Waals surface area contributed by atoms with Gasteiger partial charge in [0.05, 0.1) is 6.61 Å². The Morgan fingerprint density at radius 3 is 2.50 bits per heavy atom. The van der Waals surface area contributed by atoms with E-state index < -0.39 is 0 Å². The van der Waals surface area contributed by atoms with Crippen molar-refractivity contribution in [2.45, 2.75) is 45.4 Å². The van der Waals surface area contributed by atoms with E-state index in [-0.39, 0.29) is 0 Å². The molecule has 0 aromatic carbocycles. The monoisotopic (exact) mass is 242 g/mol. The molecule has 1 aromatic rings. The van der Waals surface area contributed by atoms with Gasteiger partial charge in [-0.25, -0.2) is 0 Å². The van der Waals surface area contributed by atoms with Gasteiger partial charge in [0.2, 0.25) is 5.88 Å². The zero-order valence-corrected chi connectivity index (χ0v) is 10.5. The molecule has 0 atom stereocenters. The van der Waals surface area contributed by atoms with Crippen LogP contribution in [0, 0.1) is 0 Å². The summed E-state index contributed by atoms with van der Waals surface area (Å²) in [5, 5.41) is 7.93. The van der Waals surface area contributed by atoms with Crippen LogP contribution in [0.4, 0.5) is 0 Å². The lowest BCUT2D eigenvalue weighted by molar-refractivity contribution is 0.290. The number of halogens is 1. The lowest BCUT2D eigenvalue weighted by Crippen LogP contribution is -1.99. The van der Waals surface area contributed by atoms with E-state index >= 15 is 0 Å². The van der Waals surface area contributed by atoms with Crippen molar-refractivity contribution in [3.8, 4) is 5.88 Å². The zero-order valence-electron chi connectivity index (χ0n) is 9.79. The molecule has 90 valence electrons. The van der Waals surface area contributed by atoms with Gasteiger partial charge in [-0.05, 0) is 12.5 Å². The third-order valence-corrected chi connectivity index (χ3v) is 2.56. The van der Waals surface area contributed by atoms with Gasteiger partial charge in [-0.15, -0.1) is 10.2 Å². The van der Waals surface area contributed by atoms with Gasteiger partial charge in [-0.2, -0.15) is 0 Å². The molecule has 0 aliphatic heterocycles. The SMILES string of the molecule is CCCCCCCCOc1ccc(Cl)nn1. The molecule has 0 fully saturated rings. The number of nitrogens with zero attached hydrogens (tertiary/aromatic N) is 2. The molecule has 0 aliphatic carbocycles. The molecule has 0 N–H and O–H groups in total. The first kappa shape index (κ1) is 13.2. The molecular weight excluding hydrogens is 224 g/mol. The van der Waals surface area contributed by atoms with Crippen molar-refractivity contribution in [3.63, 3.8) is 0 Å². The maximum Gasteiger partial charge on any atom is 0.233 e. The summed E-state index contributed by atoms with van der Waals surface area (Å²) >= 11 is 5.61. The number of hydrogen-bond acceptors (Lipinski definition) is 3. The summed E-state index contributed by atoms with van der Waals surface area (Å²) in [6, 6.07) is 3.43. The summed E-state index contributed by atoms with van der Waals surface area (Å²) in [6.07, 6.45) is 7.55. The second kappa shape index (κ2) is 8.34. The molecule has 0 radical (unpaired) electrons. The van der Waals surface area contributed by atoms with Crippen molar-refractivity contribution in [3.05, 3.63) is 17.3 Å². The Hall–Kier alpha value is -0.830. The van der Waals surface area contributed by atoms with Crippen molar-refractivity contribution in [2.24, 2.45) is 0 Å². The topological polar surface area (TPSA) is 35.0 Å². The molecule has 0 spiro atoms. The predicted molar refractivity (Wildman–Crippen MR) is 65.9 cm³/mol. The molecule has 0 saturated carbocycles. The van der Waals surface area contributed by atoms with E-state index in [4.69, 9.17) is 16.3 Å². The molecule has 3 nitrogen and oxygen atoms in total. The fourth-order valence-electron chi connectivity index (χ4n) is 1.44. The Kier molecular flexibility index (Phi) is 6.90. The number of hydrogen-bond donors (Lipinski definition) is 0. The maximum atomic E-state index is 5.61. The highest BCUT2D eigenvalue weighted by Crippen LogP contribution is 2.09. The molecule has 1 aromatic heterocycles. The molecule has 0 unspecified atom stereocenters. The Morgan fingerprint density at radius 2 is 1.81 bits per heavy atom. The van der Waals surface area contributed by atoms with Crippen LogP contribution in [0.2, 0.25) is 5.15 Å². The van der Waals surface area contributed by atoms with Crippen molar-refractivity contribution >= 4 is 11.6 Å². The van der Waals surface area contributed by atoms with Crippen molar-refractivity contribution in [1.29, 1.82) is 0 Å². The lowest BCUT2D eigenvalue weighted by Gasteiger charge is -2.04. The van der Waals surface area contributed by atoms with E-state index in [1.807, 2.05) is 0 Å². The molecule has 0 saturated heterocycles. The average molecular weight is 243 g/mol. The molecule has 4 heteroatoms. The normalized spacial score (nSPS) is 10.4. The van der Waals surface area contributed by atoms with Crippen LogP contribution < -0.4 is 4.74 Å². The Morgan fingerprint density at radius 1 is 1.06 bits per heavy atom.